The number of fused-ring (bicyclic) bond motifs is 2. The highest BCUT2D eigenvalue weighted by Gasteiger charge is 2.26. The number of nitrogens with one attached hydrogen (secondary N) is 1. The Hall–Kier alpha value is -5.38. The molecule has 0 radical (unpaired) electrons. The van der Waals surface area contributed by atoms with Crippen LogP contribution in [-0.4, -0.2) is 33.3 Å². The number of ether oxygens (including phenoxy) is 2. The van der Waals surface area contributed by atoms with Gasteiger partial charge in [0.15, 0.2) is 5.78 Å². The molecule has 10 heteroatoms. The van der Waals surface area contributed by atoms with Crippen molar-refractivity contribution in [1.82, 2.24) is 14.5 Å². The van der Waals surface area contributed by atoms with Gasteiger partial charge in [-0.3, -0.25) is 23.9 Å². The quantitative estimate of drug-likeness (QED) is 0.297. The van der Waals surface area contributed by atoms with Gasteiger partial charge in [0, 0.05) is 29.3 Å². The van der Waals surface area contributed by atoms with E-state index in [0.717, 1.165) is 10.9 Å². The third-order valence-electron chi connectivity index (χ3n) is 6.85. The van der Waals surface area contributed by atoms with Gasteiger partial charge < -0.3 is 14.8 Å². The van der Waals surface area contributed by atoms with Crippen LogP contribution >= 0.6 is 0 Å². The second-order valence-electron chi connectivity index (χ2n) is 9.44. The van der Waals surface area contributed by atoms with E-state index in [4.69, 9.17) is 9.47 Å². The molecule has 1 amide bonds. The minimum atomic E-state index is -0.741. The summed E-state index contributed by atoms with van der Waals surface area (Å²) in [6.07, 6.45) is 4.39. The Morgan fingerprint density at radius 3 is 2.61 bits per heavy atom. The molecule has 9 nitrogen and oxygen atoms in total. The number of pyridine rings is 3. The topological polar surface area (TPSA) is 112 Å². The van der Waals surface area contributed by atoms with E-state index in [2.05, 4.69) is 15.3 Å². The Labute approximate surface area is 233 Å². The molecule has 2 aromatic carbocycles. The Kier molecular flexibility index (Phi) is 6.72. The molecule has 5 aromatic rings. The number of hydrogen-bond acceptors (Lipinski definition) is 7. The van der Waals surface area contributed by atoms with Crippen LogP contribution in [-0.2, 0) is 6.42 Å². The first kappa shape index (κ1) is 25.9. The summed E-state index contributed by atoms with van der Waals surface area (Å²) < 4.78 is 26.6. The van der Waals surface area contributed by atoms with Crippen molar-refractivity contribution in [3.05, 3.63) is 112 Å². The second-order valence-corrected chi connectivity index (χ2v) is 9.44. The minimum absolute atomic E-state index is 0.171. The molecule has 0 atom stereocenters. The maximum atomic E-state index is 14.0. The smallest absolute Gasteiger partial charge is 0.268 e. The molecule has 6 rings (SSSR count). The summed E-state index contributed by atoms with van der Waals surface area (Å²) in [5, 5.41) is 3.37. The predicted octanol–water partition coefficient (Wildman–Crippen LogP) is 5.49. The fourth-order valence-electron chi connectivity index (χ4n) is 4.88. The number of benzene rings is 2. The van der Waals surface area contributed by atoms with E-state index in [1.54, 1.807) is 31.5 Å². The SMILES string of the molecule is COc1ccc2nccc(Oc3ccc(NC(=O)c4cc5c(n(-c6cccc(F)c6)c4=O)CCCC5=O)nc3)c2c1. The van der Waals surface area contributed by atoms with Gasteiger partial charge in [-0.05, 0) is 73.5 Å². The fraction of sp³-hybridized carbons (Fsp3) is 0.129. The van der Waals surface area contributed by atoms with Crippen molar-refractivity contribution in [3.8, 4) is 22.9 Å². The Balaban J connectivity index is 1.29. The molecule has 1 aliphatic rings. The van der Waals surface area contributed by atoms with Crippen molar-refractivity contribution in [1.29, 1.82) is 0 Å². The van der Waals surface area contributed by atoms with Crippen LogP contribution < -0.4 is 20.3 Å². The first-order valence-corrected chi connectivity index (χ1v) is 12.9. The summed E-state index contributed by atoms with van der Waals surface area (Å²) in [7, 11) is 1.58. The van der Waals surface area contributed by atoms with Gasteiger partial charge >= 0.3 is 0 Å². The number of amides is 1. The highest BCUT2D eigenvalue weighted by molar-refractivity contribution is 6.06. The zero-order chi connectivity index (χ0) is 28.5. The molecule has 0 fully saturated rings. The molecule has 0 saturated heterocycles. The van der Waals surface area contributed by atoms with E-state index in [0.29, 0.717) is 42.2 Å². The number of methoxy groups -OCH3 is 1. The molecule has 0 spiro atoms. The van der Waals surface area contributed by atoms with Crippen molar-refractivity contribution >= 4 is 28.4 Å². The Morgan fingerprint density at radius 2 is 1.83 bits per heavy atom. The zero-order valence-electron chi connectivity index (χ0n) is 21.9. The van der Waals surface area contributed by atoms with Crippen LogP contribution in [0.3, 0.4) is 0 Å². The molecule has 204 valence electrons. The largest absolute Gasteiger partial charge is 0.497 e. The van der Waals surface area contributed by atoms with E-state index in [-0.39, 0.29) is 28.4 Å². The fourth-order valence-corrected chi connectivity index (χ4v) is 4.88. The monoisotopic (exact) mass is 550 g/mol. The van der Waals surface area contributed by atoms with Gasteiger partial charge in [-0.15, -0.1) is 0 Å². The molecular formula is C31H23FN4O5. The van der Waals surface area contributed by atoms with Gasteiger partial charge in [0.1, 0.15) is 34.4 Å². The molecule has 1 N–H and O–H groups in total. The van der Waals surface area contributed by atoms with Crippen LogP contribution in [0.15, 0.2) is 83.9 Å². The van der Waals surface area contributed by atoms with Crippen molar-refractivity contribution in [3.63, 3.8) is 0 Å². The molecule has 0 aliphatic heterocycles. The molecule has 0 unspecified atom stereocenters. The van der Waals surface area contributed by atoms with E-state index in [1.165, 1.54) is 41.1 Å². The summed E-state index contributed by atoms with van der Waals surface area (Å²) in [5.74, 6) is 0.332. The van der Waals surface area contributed by atoms with Crippen LogP contribution in [0, 0.1) is 5.82 Å². The number of aromatic nitrogens is 3. The summed E-state index contributed by atoms with van der Waals surface area (Å²) in [6.45, 7) is 0. The van der Waals surface area contributed by atoms with Gasteiger partial charge in [0.2, 0.25) is 0 Å². The van der Waals surface area contributed by atoms with Crippen LogP contribution in [0.1, 0.15) is 39.3 Å². The van der Waals surface area contributed by atoms with Gasteiger partial charge in [-0.1, -0.05) is 6.07 Å². The third-order valence-corrected chi connectivity index (χ3v) is 6.85. The number of anilines is 1. The summed E-state index contributed by atoms with van der Waals surface area (Å²) in [5.41, 5.74) is 0.825. The first-order valence-electron chi connectivity index (χ1n) is 12.9. The molecule has 0 saturated carbocycles. The predicted molar refractivity (Wildman–Crippen MR) is 150 cm³/mol. The molecule has 3 aromatic heterocycles. The van der Waals surface area contributed by atoms with Gasteiger partial charge in [0.05, 0.1) is 24.5 Å². The van der Waals surface area contributed by atoms with Crippen LogP contribution in [0.25, 0.3) is 16.6 Å². The standard InChI is InChI=1S/C31H23FN4O5/c1-40-20-8-10-25-22(15-20)28(12-13-33-25)41-21-9-11-29(34-17-21)35-30(38)24-16-23-26(6-3-7-27(23)37)36(31(24)39)19-5-2-4-18(32)14-19/h2,4-5,8-17H,3,6-7H2,1H3,(H,34,35,38). The number of hydrogen-bond donors (Lipinski definition) is 1. The van der Waals surface area contributed by atoms with Crippen LogP contribution in [0.4, 0.5) is 10.2 Å². The highest BCUT2D eigenvalue weighted by Crippen LogP contribution is 2.31. The highest BCUT2D eigenvalue weighted by atomic mass is 19.1. The third kappa shape index (κ3) is 5.03. The maximum absolute atomic E-state index is 14.0. The number of ketones is 1. The van der Waals surface area contributed by atoms with Gasteiger partial charge in [-0.2, -0.15) is 0 Å². The normalized spacial score (nSPS) is 12.6. The maximum Gasteiger partial charge on any atom is 0.268 e. The number of nitrogens with zero attached hydrogens (tertiary/aromatic N) is 3. The minimum Gasteiger partial charge on any atom is -0.497 e. The lowest BCUT2D eigenvalue weighted by atomic mass is 9.92. The molecular weight excluding hydrogens is 527 g/mol. The molecule has 0 bridgehead atoms. The molecule has 41 heavy (non-hydrogen) atoms. The average molecular weight is 551 g/mol. The van der Waals surface area contributed by atoms with Crippen molar-refractivity contribution in [2.24, 2.45) is 0 Å². The lowest BCUT2D eigenvalue weighted by Gasteiger charge is -2.21. The Morgan fingerprint density at radius 1 is 0.976 bits per heavy atom. The van der Waals surface area contributed by atoms with E-state index >= 15 is 0 Å². The van der Waals surface area contributed by atoms with Crippen molar-refractivity contribution in [2.75, 3.05) is 12.4 Å². The zero-order valence-corrected chi connectivity index (χ0v) is 21.9. The lowest BCUT2D eigenvalue weighted by molar-refractivity contribution is 0.0971. The van der Waals surface area contributed by atoms with E-state index < -0.39 is 17.3 Å². The molecule has 1 aliphatic carbocycles. The number of Topliss-reactive ketones (excluding diaryl/α,β-unsaturated/α-hetero) is 1. The lowest BCUT2D eigenvalue weighted by Crippen LogP contribution is -2.33. The number of carbonyl (C=O) groups is 2. The van der Waals surface area contributed by atoms with E-state index in [9.17, 15) is 18.8 Å². The Bertz CT molecular complexity index is 1890. The number of carbonyl (C=O) groups excluding carboxylic acids is 2. The van der Waals surface area contributed by atoms with Gasteiger partial charge in [-0.25, -0.2) is 9.37 Å². The first-order chi connectivity index (χ1) is 19.9. The van der Waals surface area contributed by atoms with Crippen molar-refractivity contribution in [2.45, 2.75) is 19.3 Å². The second kappa shape index (κ2) is 10.6. The summed E-state index contributed by atoms with van der Waals surface area (Å²) >= 11 is 0. The number of halogens is 1. The summed E-state index contributed by atoms with van der Waals surface area (Å²) in [6, 6.07) is 17.1. The average Bonchev–Trinajstić information content (AvgIpc) is 2.98. The van der Waals surface area contributed by atoms with Crippen molar-refractivity contribution < 1.29 is 23.5 Å². The van der Waals surface area contributed by atoms with E-state index in [1.807, 2.05) is 18.2 Å². The molecule has 3 heterocycles. The summed E-state index contributed by atoms with van der Waals surface area (Å²) in [4.78, 5) is 48.1. The van der Waals surface area contributed by atoms with Crippen LogP contribution in [0.2, 0.25) is 0 Å². The van der Waals surface area contributed by atoms with Crippen LogP contribution in [0.5, 0.6) is 17.2 Å². The number of rotatable bonds is 6. The van der Waals surface area contributed by atoms with Gasteiger partial charge in [0.25, 0.3) is 11.5 Å².